The van der Waals surface area contributed by atoms with E-state index in [2.05, 4.69) is 4.98 Å². The van der Waals surface area contributed by atoms with Crippen LogP contribution in [0.25, 0.3) is 0 Å². The van der Waals surface area contributed by atoms with Crippen molar-refractivity contribution in [2.45, 2.75) is 19.6 Å². The Balaban J connectivity index is 2.01. The fourth-order valence-corrected chi connectivity index (χ4v) is 2.34. The molecule has 0 aliphatic carbocycles. The van der Waals surface area contributed by atoms with Crippen LogP contribution in [0.15, 0.2) is 42.6 Å². The molecule has 0 bridgehead atoms. The predicted octanol–water partition coefficient (Wildman–Crippen LogP) is 3.69. The quantitative estimate of drug-likeness (QED) is 0.812. The minimum absolute atomic E-state index is 0.156. The van der Waals surface area contributed by atoms with Crippen molar-refractivity contribution in [3.63, 3.8) is 0 Å². The van der Waals surface area contributed by atoms with Crippen LogP contribution in [0, 0.1) is 0 Å². The lowest BCUT2D eigenvalue weighted by Crippen LogP contribution is -2.03. The maximum atomic E-state index is 11.0. The summed E-state index contributed by atoms with van der Waals surface area (Å²) in [6.07, 6.45) is 2.87. The zero-order valence-corrected chi connectivity index (χ0v) is 13.4. The Bertz CT molecular complexity index is 622. The van der Waals surface area contributed by atoms with Crippen molar-refractivity contribution in [1.29, 1.82) is 0 Å². The summed E-state index contributed by atoms with van der Waals surface area (Å²) in [5.41, 5.74) is 1.94. The summed E-state index contributed by atoms with van der Waals surface area (Å²) < 4.78 is 21.8. The van der Waals surface area contributed by atoms with E-state index in [1.807, 2.05) is 37.3 Å². The third kappa shape index (κ3) is 4.81. The lowest BCUT2D eigenvalue weighted by atomic mass is 10.2. The molecule has 1 aromatic carbocycles. The lowest BCUT2D eigenvalue weighted by molar-refractivity contribution is 0.0523. The molecular weight excluding hydrogens is 310 g/mol. The topological polar surface area (TPSA) is 48.4 Å². The van der Waals surface area contributed by atoms with E-state index in [9.17, 15) is 4.21 Å². The van der Waals surface area contributed by atoms with Crippen LogP contribution in [0.4, 0.5) is 0 Å². The van der Waals surface area contributed by atoms with Crippen molar-refractivity contribution in [1.82, 2.24) is 4.98 Å². The molecule has 6 heteroatoms. The average Bonchev–Trinajstić information content (AvgIpc) is 2.47. The van der Waals surface area contributed by atoms with E-state index < -0.39 is 11.1 Å². The van der Waals surface area contributed by atoms with E-state index in [4.69, 9.17) is 20.5 Å². The number of nitrogens with zero attached hydrogens (tertiary/aromatic N) is 1. The fraction of sp³-hybridized carbons (Fsp3) is 0.267. The first-order valence-electron chi connectivity index (χ1n) is 6.39. The van der Waals surface area contributed by atoms with Crippen molar-refractivity contribution in [3.8, 4) is 5.88 Å². The van der Waals surface area contributed by atoms with Gasteiger partial charge in [-0.15, -0.1) is 0 Å². The van der Waals surface area contributed by atoms with Crippen LogP contribution in [-0.4, -0.2) is 15.4 Å². The highest BCUT2D eigenvalue weighted by atomic mass is 35.5. The molecule has 0 N–H and O–H groups in total. The average molecular weight is 326 g/mol. The molecule has 0 spiro atoms. The highest BCUT2D eigenvalue weighted by Gasteiger charge is 2.12. The van der Waals surface area contributed by atoms with Crippen LogP contribution in [0.1, 0.15) is 24.2 Å². The number of halogens is 1. The molecule has 4 nitrogen and oxygen atoms in total. The number of hydrogen-bond acceptors (Lipinski definition) is 4. The molecule has 0 saturated heterocycles. The van der Waals surface area contributed by atoms with Crippen LogP contribution < -0.4 is 4.18 Å². The van der Waals surface area contributed by atoms with Gasteiger partial charge in [0, 0.05) is 18.0 Å². The predicted molar refractivity (Wildman–Crippen MR) is 83.6 cm³/mol. The molecule has 2 unspecified atom stereocenters. The number of pyridine rings is 1. The Labute approximate surface area is 131 Å². The van der Waals surface area contributed by atoms with Gasteiger partial charge in [0.15, 0.2) is 0 Å². The second-order valence-corrected chi connectivity index (χ2v) is 5.86. The normalized spacial score (nSPS) is 13.7. The van der Waals surface area contributed by atoms with Crippen LogP contribution in [-0.2, 0) is 22.4 Å². The summed E-state index contributed by atoms with van der Waals surface area (Å²) in [6.45, 7) is 2.44. The minimum atomic E-state index is -1.45. The molecule has 2 aromatic rings. The van der Waals surface area contributed by atoms with Crippen molar-refractivity contribution in [2.24, 2.45) is 0 Å². The number of ether oxygens (including phenoxy) is 1. The van der Waals surface area contributed by atoms with Crippen molar-refractivity contribution >= 4 is 22.7 Å². The molecule has 0 aliphatic rings. The molecule has 1 aromatic heterocycles. The fourth-order valence-electron chi connectivity index (χ4n) is 1.73. The molecule has 0 saturated carbocycles. The Morgan fingerprint density at radius 3 is 2.67 bits per heavy atom. The first-order chi connectivity index (χ1) is 10.1. The van der Waals surface area contributed by atoms with E-state index >= 15 is 0 Å². The number of aromatic nitrogens is 1. The summed E-state index contributed by atoms with van der Waals surface area (Å²) in [6, 6.07) is 11.6. The van der Waals surface area contributed by atoms with Gasteiger partial charge in [-0.3, -0.25) is 0 Å². The highest BCUT2D eigenvalue weighted by molar-refractivity contribution is 7.79. The van der Waals surface area contributed by atoms with Crippen molar-refractivity contribution < 1.29 is 13.1 Å². The molecule has 2 atom stereocenters. The molecule has 21 heavy (non-hydrogen) atoms. The Kier molecular flexibility index (Phi) is 5.73. The van der Waals surface area contributed by atoms with Gasteiger partial charge in [0.2, 0.25) is 17.0 Å². The van der Waals surface area contributed by atoms with Gasteiger partial charge in [-0.2, -0.15) is 0 Å². The zero-order valence-electron chi connectivity index (χ0n) is 11.8. The van der Waals surface area contributed by atoms with Gasteiger partial charge in [0.1, 0.15) is 5.02 Å². The van der Waals surface area contributed by atoms with Gasteiger partial charge in [-0.05, 0) is 18.6 Å². The van der Waals surface area contributed by atoms with Crippen molar-refractivity contribution in [2.75, 3.05) is 6.26 Å². The highest BCUT2D eigenvalue weighted by Crippen LogP contribution is 2.27. The second kappa shape index (κ2) is 7.54. The van der Waals surface area contributed by atoms with Gasteiger partial charge in [0.05, 0.1) is 12.7 Å². The number of benzene rings is 1. The molecule has 0 radical (unpaired) electrons. The second-order valence-electron chi connectivity index (χ2n) is 4.48. The van der Waals surface area contributed by atoms with Crippen LogP contribution in [0.5, 0.6) is 5.88 Å². The molecule has 0 fully saturated rings. The van der Waals surface area contributed by atoms with E-state index in [1.54, 1.807) is 12.3 Å². The van der Waals surface area contributed by atoms with Gasteiger partial charge in [-0.25, -0.2) is 9.19 Å². The van der Waals surface area contributed by atoms with Crippen molar-refractivity contribution in [3.05, 3.63) is 58.7 Å². The summed E-state index contributed by atoms with van der Waals surface area (Å²) in [7, 11) is 0. The maximum Gasteiger partial charge on any atom is 0.249 e. The molecule has 2 rings (SSSR count). The van der Waals surface area contributed by atoms with Crippen LogP contribution in [0.3, 0.4) is 0 Å². The largest absolute Gasteiger partial charge is 0.378 e. The lowest BCUT2D eigenvalue weighted by Gasteiger charge is -2.14. The molecule has 0 amide bonds. The third-order valence-corrected chi connectivity index (χ3v) is 3.50. The summed E-state index contributed by atoms with van der Waals surface area (Å²) >= 11 is 4.61. The Hall–Kier alpha value is -1.43. The summed E-state index contributed by atoms with van der Waals surface area (Å²) in [5.74, 6) is 0.163. The van der Waals surface area contributed by atoms with E-state index in [-0.39, 0.29) is 12.0 Å². The smallest absolute Gasteiger partial charge is 0.249 e. The van der Waals surface area contributed by atoms with Crippen LogP contribution in [0.2, 0.25) is 5.02 Å². The monoisotopic (exact) mass is 325 g/mol. The SMILES string of the molecule is CC(OCc1ccccc1)c1cnc(OS(C)=O)c(Cl)c1. The Morgan fingerprint density at radius 1 is 1.33 bits per heavy atom. The molecule has 0 aliphatic heterocycles. The van der Waals surface area contributed by atoms with Gasteiger partial charge in [-0.1, -0.05) is 41.9 Å². The molecular formula is C15H16ClNO3S. The van der Waals surface area contributed by atoms with E-state index in [1.165, 1.54) is 6.26 Å². The maximum absolute atomic E-state index is 11.0. The van der Waals surface area contributed by atoms with Gasteiger partial charge in [0.25, 0.3) is 0 Å². The van der Waals surface area contributed by atoms with Gasteiger partial charge < -0.3 is 8.92 Å². The first-order valence-corrected chi connectivity index (χ1v) is 8.25. The van der Waals surface area contributed by atoms with E-state index in [0.717, 1.165) is 11.1 Å². The third-order valence-electron chi connectivity index (χ3n) is 2.84. The Morgan fingerprint density at radius 2 is 2.05 bits per heavy atom. The van der Waals surface area contributed by atoms with Gasteiger partial charge >= 0.3 is 0 Å². The molecule has 1 heterocycles. The first kappa shape index (κ1) is 15.9. The number of hydrogen-bond donors (Lipinski definition) is 0. The minimum Gasteiger partial charge on any atom is -0.378 e. The zero-order chi connectivity index (χ0) is 15.2. The standard InChI is InChI=1S/C15H16ClNO3S/c1-11(19-10-12-6-4-3-5-7-12)13-8-14(16)15(17-9-13)20-21(2)18/h3-9,11H,10H2,1-2H3. The summed E-state index contributed by atoms with van der Waals surface area (Å²) in [5, 5.41) is 0.317. The number of rotatable bonds is 6. The summed E-state index contributed by atoms with van der Waals surface area (Å²) in [4.78, 5) is 4.07. The molecule has 112 valence electrons. The van der Waals surface area contributed by atoms with Crippen LogP contribution >= 0.6 is 11.6 Å². The van der Waals surface area contributed by atoms with E-state index in [0.29, 0.717) is 11.6 Å².